The molecular formula is C21H21FN4O3. The Labute approximate surface area is 167 Å². The number of aromatic nitrogens is 3. The number of rotatable bonds is 4. The Morgan fingerprint density at radius 3 is 2.76 bits per heavy atom. The highest BCUT2D eigenvalue weighted by Gasteiger charge is 2.26. The molecule has 1 aliphatic heterocycles. The predicted molar refractivity (Wildman–Crippen MR) is 107 cm³/mol. The second-order valence-corrected chi connectivity index (χ2v) is 6.77. The van der Waals surface area contributed by atoms with Crippen LogP contribution in [0.15, 0.2) is 53.6 Å². The molecular weight excluding hydrogens is 375 g/mol. The number of anilines is 1. The second kappa shape index (κ2) is 8.00. The molecule has 1 aliphatic rings. The van der Waals surface area contributed by atoms with E-state index in [1.54, 1.807) is 31.6 Å². The molecule has 150 valence electrons. The molecule has 8 heteroatoms. The van der Waals surface area contributed by atoms with Gasteiger partial charge in [-0.25, -0.2) is 9.37 Å². The highest BCUT2D eigenvalue weighted by Crippen LogP contribution is 2.29. The van der Waals surface area contributed by atoms with Crippen molar-refractivity contribution in [2.45, 2.75) is 6.10 Å². The molecule has 29 heavy (non-hydrogen) atoms. The number of hydrogen-bond donors (Lipinski definition) is 0. The highest BCUT2D eigenvalue weighted by atomic mass is 19.1. The molecule has 0 amide bonds. The Balaban J connectivity index is 1.66. The van der Waals surface area contributed by atoms with Crippen LogP contribution in [0, 0.1) is 5.82 Å². The number of halogens is 1. The van der Waals surface area contributed by atoms with Crippen molar-refractivity contribution in [1.29, 1.82) is 0 Å². The molecule has 0 aliphatic carbocycles. The average molecular weight is 396 g/mol. The number of nitrogens with zero attached hydrogens (tertiary/aromatic N) is 4. The van der Waals surface area contributed by atoms with Crippen molar-refractivity contribution in [2.75, 3.05) is 31.7 Å². The third-order valence-corrected chi connectivity index (χ3v) is 4.98. The number of benzene rings is 1. The van der Waals surface area contributed by atoms with Gasteiger partial charge in [0.05, 0.1) is 26.0 Å². The molecule has 0 N–H and O–H groups in total. The van der Waals surface area contributed by atoms with Gasteiger partial charge in [-0.1, -0.05) is 6.07 Å². The van der Waals surface area contributed by atoms with Crippen LogP contribution in [0.25, 0.3) is 11.3 Å². The Hall–Kier alpha value is -3.26. The third kappa shape index (κ3) is 3.84. The lowest BCUT2D eigenvalue weighted by Crippen LogP contribution is -2.41. The molecule has 0 radical (unpaired) electrons. The number of methoxy groups -OCH3 is 1. The maximum absolute atomic E-state index is 13.8. The first-order valence-electron chi connectivity index (χ1n) is 9.25. The molecule has 2 aromatic heterocycles. The minimum Gasteiger partial charge on any atom is -0.494 e. The van der Waals surface area contributed by atoms with E-state index in [2.05, 4.69) is 4.98 Å². The molecule has 1 unspecified atom stereocenters. The van der Waals surface area contributed by atoms with Crippen molar-refractivity contribution in [3.8, 4) is 17.0 Å². The number of morpholine rings is 1. The summed E-state index contributed by atoms with van der Waals surface area (Å²) in [5.74, 6) is 0.318. The maximum Gasteiger partial charge on any atom is 0.255 e. The topological polar surface area (TPSA) is 69.5 Å². The van der Waals surface area contributed by atoms with Crippen molar-refractivity contribution in [3.63, 3.8) is 0 Å². The van der Waals surface area contributed by atoms with E-state index in [-0.39, 0.29) is 17.4 Å². The van der Waals surface area contributed by atoms with Crippen molar-refractivity contribution in [3.05, 3.63) is 70.5 Å². The van der Waals surface area contributed by atoms with E-state index in [9.17, 15) is 9.18 Å². The van der Waals surface area contributed by atoms with Crippen molar-refractivity contribution >= 4 is 5.95 Å². The molecule has 0 bridgehead atoms. The Morgan fingerprint density at radius 2 is 2.00 bits per heavy atom. The van der Waals surface area contributed by atoms with Crippen LogP contribution < -0.4 is 15.2 Å². The van der Waals surface area contributed by atoms with Crippen molar-refractivity contribution in [2.24, 2.45) is 7.05 Å². The number of ether oxygens (including phenoxy) is 2. The summed E-state index contributed by atoms with van der Waals surface area (Å²) in [6.45, 7) is 1.53. The van der Waals surface area contributed by atoms with E-state index in [0.29, 0.717) is 31.3 Å². The highest BCUT2D eigenvalue weighted by molar-refractivity contribution is 5.59. The van der Waals surface area contributed by atoms with Gasteiger partial charge in [-0.3, -0.25) is 14.3 Å². The second-order valence-electron chi connectivity index (χ2n) is 6.77. The Morgan fingerprint density at radius 1 is 1.21 bits per heavy atom. The van der Waals surface area contributed by atoms with Gasteiger partial charge < -0.3 is 14.4 Å². The predicted octanol–water partition coefficient (Wildman–Crippen LogP) is 2.57. The number of pyridine rings is 1. The molecule has 1 aromatic carbocycles. The fourth-order valence-corrected chi connectivity index (χ4v) is 3.39. The van der Waals surface area contributed by atoms with E-state index in [1.807, 2.05) is 17.0 Å². The van der Waals surface area contributed by atoms with Gasteiger partial charge in [-0.2, -0.15) is 0 Å². The van der Waals surface area contributed by atoms with Crippen LogP contribution in [-0.4, -0.2) is 41.3 Å². The Kier molecular flexibility index (Phi) is 5.26. The third-order valence-electron chi connectivity index (χ3n) is 4.98. The quantitative estimate of drug-likeness (QED) is 0.675. The summed E-state index contributed by atoms with van der Waals surface area (Å²) in [6.07, 6.45) is 3.04. The fourth-order valence-electron chi connectivity index (χ4n) is 3.39. The van der Waals surface area contributed by atoms with Gasteiger partial charge in [0.2, 0.25) is 5.95 Å². The van der Waals surface area contributed by atoms with Crippen LogP contribution in [0.2, 0.25) is 0 Å². The van der Waals surface area contributed by atoms with Gasteiger partial charge in [0, 0.05) is 37.6 Å². The van der Waals surface area contributed by atoms with Gasteiger partial charge in [-0.05, 0) is 29.8 Å². The van der Waals surface area contributed by atoms with Gasteiger partial charge in [0.1, 0.15) is 6.10 Å². The lowest BCUT2D eigenvalue weighted by Gasteiger charge is -2.34. The van der Waals surface area contributed by atoms with E-state index in [1.165, 1.54) is 23.8 Å². The van der Waals surface area contributed by atoms with E-state index >= 15 is 0 Å². The zero-order valence-corrected chi connectivity index (χ0v) is 16.2. The first-order valence-corrected chi connectivity index (χ1v) is 9.25. The minimum atomic E-state index is -0.418. The van der Waals surface area contributed by atoms with Crippen LogP contribution in [-0.2, 0) is 11.8 Å². The monoisotopic (exact) mass is 396 g/mol. The van der Waals surface area contributed by atoms with E-state index in [4.69, 9.17) is 14.5 Å². The lowest BCUT2D eigenvalue weighted by atomic mass is 10.1. The normalized spacial score (nSPS) is 16.7. The summed E-state index contributed by atoms with van der Waals surface area (Å²) in [5.41, 5.74) is 2.08. The molecule has 7 nitrogen and oxygen atoms in total. The molecule has 1 atom stereocenters. The summed E-state index contributed by atoms with van der Waals surface area (Å²) < 4.78 is 26.3. The smallest absolute Gasteiger partial charge is 0.255 e. The summed E-state index contributed by atoms with van der Waals surface area (Å²) >= 11 is 0. The largest absolute Gasteiger partial charge is 0.494 e. The molecule has 4 rings (SSSR count). The van der Waals surface area contributed by atoms with Crippen LogP contribution in [0.3, 0.4) is 0 Å². The zero-order chi connectivity index (χ0) is 20.4. The van der Waals surface area contributed by atoms with Crippen molar-refractivity contribution < 1.29 is 13.9 Å². The number of hydrogen-bond acceptors (Lipinski definition) is 6. The first-order chi connectivity index (χ1) is 14.1. The minimum absolute atomic E-state index is 0.145. The standard InChI is InChI=1S/C21H21FN4O3/c1-25-20(27)12-17(14-5-7-23-8-6-14)24-21(25)26-9-10-29-19(13-26)15-3-4-16(22)18(11-15)28-2/h3-8,11-12,19H,9-10,13H2,1-2H3. The van der Waals surface area contributed by atoms with Crippen LogP contribution in [0.5, 0.6) is 5.75 Å². The molecule has 3 aromatic rings. The Bertz CT molecular complexity index is 1070. The average Bonchev–Trinajstić information content (AvgIpc) is 2.76. The van der Waals surface area contributed by atoms with E-state index < -0.39 is 5.82 Å². The van der Waals surface area contributed by atoms with E-state index in [0.717, 1.165) is 11.1 Å². The van der Waals surface area contributed by atoms with Gasteiger partial charge in [0.25, 0.3) is 5.56 Å². The summed E-state index contributed by atoms with van der Waals surface area (Å²) in [5, 5.41) is 0. The van der Waals surface area contributed by atoms with Crippen LogP contribution >= 0.6 is 0 Å². The molecule has 0 saturated carbocycles. The summed E-state index contributed by atoms with van der Waals surface area (Å²) in [7, 11) is 3.13. The van der Waals surface area contributed by atoms with Crippen molar-refractivity contribution in [1.82, 2.24) is 14.5 Å². The fraction of sp³-hybridized carbons (Fsp3) is 0.286. The zero-order valence-electron chi connectivity index (χ0n) is 16.2. The van der Waals surface area contributed by atoms with Gasteiger partial charge in [-0.15, -0.1) is 0 Å². The first kappa shape index (κ1) is 19.1. The lowest BCUT2D eigenvalue weighted by molar-refractivity contribution is 0.0388. The molecule has 1 fully saturated rings. The van der Waals surface area contributed by atoms with Gasteiger partial charge >= 0.3 is 0 Å². The van der Waals surface area contributed by atoms with Crippen LogP contribution in [0.4, 0.5) is 10.3 Å². The molecule has 3 heterocycles. The summed E-state index contributed by atoms with van der Waals surface area (Å²) in [4.78, 5) is 23.3. The molecule has 1 saturated heterocycles. The van der Waals surface area contributed by atoms with Crippen LogP contribution in [0.1, 0.15) is 11.7 Å². The SMILES string of the molecule is COc1cc(C2CN(c3nc(-c4ccncc4)cc(=O)n3C)CCO2)ccc1F. The maximum atomic E-state index is 13.8. The van der Waals surface area contributed by atoms with Gasteiger partial charge in [0.15, 0.2) is 11.6 Å². The molecule has 0 spiro atoms. The summed E-state index contributed by atoms with van der Waals surface area (Å²) in [6, 6.07) is 9.85.